The van der Waals surface area contributed by atoms with E-state index in [9.17, 15) is 19.2 Å². The number of esters is 1. The Morgan fingerprint density at radius 1 is 1.10 bits per heavy atom. The minimum atomic E-state index is -0.683. The summed E-state index contributed by atoms with van der Waals surface area (Å²) in [4.78, 5) is 50.2. The minimum absolute atomic E-state index is 0.0396. The zero-order valence-electron chi connectivity index (χ0n) is 16.8. The summed E-state index contributed by atoms with van der Waals surface area (Å²) < 4.78 is 5.86. The quantitative estimate of drug-likeness (QED) is 0.480. The average Bonchev–Trinajstić information content (AvgIpc) is 3.18. The van der Waals surface area contributed by atoms with Crippen molar-refractivity contribution in [2.75, 3.05) is 13.2 Å². The van der Waals surface area contributed by atoms with Crippen LogP contribution in [0.25, 0.3) is 0 Å². The predicted octanol–water partition coefficient (Wildman–Crippen LogP) is 2.36. The normalized spacial score (nSPS) is 16.5. The minimum Gasteiger partial charge on any atom is -0.455 e. The van der Waals surface area contributed by atoms with E-state index in [0.29, 0.717) is 5.56 Å². The first-order valence-corrected chi connectivity index (χ1v) is 10.5. The van der Waals surface area contributed by atoms with Crippen molar-refractivity contribution < 1.29 is 23.9 Å². The Hall–Kier alpha value is -3.20. The Kier molecular flexibility index (Phi) is 7.41. The van der Waals surface area contributed by atoms with Crippen molar-refractivity contribution in [1.82, 2.24) is 15.8 Å². The van der Waals surface area contributed by atoms with E-state index in [1.807, 2.05) is 37.3 Å². The maximum atomic E-state index is 12.4. The molecular formula is C22H22BrN3O5. The molecule has 3 amide bonds. The van der Waals surface area contributed by atoms with Gasteiger partial charge in [0, 0.05) is 23.0 Å². The fourth-order valence-corrected chi connectivity index (χ4v) is 3.53. The van der Waals surface area contributed by atoms with Crippen LogP contribution in [-0.4, -0.2) is 41.7 Å². The molecule has 0 aromatic heterocycles. The number of rotatable bonds is 6. The summed E-state index contributed by atoms with van der Waals surface area (Å²) >= 11 is 3.27. The molecule has 162 valence electrons. The van der Waals surface area contributed by atoms with E-state index in [-0.39, 0.29) is 24.9 Å². The molecule has 0 saturated carbocycles. The molecule has 0 aliphatic carbocycles. The highest BCUT2D eigenvalue weighted by molar-refractivity contribution is 9.10. The molecule has 0 bridgehead atoms. The van der Waals surface area contributed by atoms with Crippen LogP contribution in [0.15, 0.2) is 59.1 Å². The van der Waals surface area contributed by atoms with Crippen LogP contribution in [0.3, 0.4) is 0 Å². The summed E-state index contributed by atoms with van der Waals surface area (Å²) in [5.41, 5.74) is 5.78. The zero-order chi connectivity index (χ0) is 22.4. The van der Waals surface area contributed by atoms with Crippen molar-refractivity contribution in [3.05, 3.63) is 70.2 Å². The molecule has 0 radical (unpaired) electrons. The molecule has 1 aliphatic rings. The van der Waals surface area contributed by atoms with Gasteiger partial charge in [-0.15, -0.1) is 0 Å². The summed E-state index contributed by atoms with van der Waals surface area (Å²) in [6.07, 6.45) is 0.0396. The maximum absolute atomic E-state index is 12.4. The first kappa shape index (κ1) is 22.5. The molecule has 2 N–H and O–H groups in total. The summed E-state index contributed by atoms with van der Waals surface area (Å²) in [5.74, 6) is -2.57. The van der Waals surface area contributed by atoms with Crippen molar-refractivity contribution in [2.24, 2.45) is 5.92 Å². The van der Waals surface area contributed by atoms with Gasteiger partial charge in [0.15, 0.2) is 6.61 Å². The molecule has 1 saturated heterocycles. The third-order valence-electron chi connectivity index (χ3n) is 5.01. The Bertz CT molecular complexity index is 965. The van der Waals surface area contributed by atoms with Crippen LogP contribution in [0.5, 0.6) is 0 Å². The molecule has 1 heterocycles. The van der Waals surface area contributed by atoms with E-state index in [1.54, 1.807) is 29.2 Å². The molecule has 2 aromatic rings. The van der Waals surface area contributed by atoms with Crippen LogP contribution in [0.4, 0.5) is 0 Å². The second-order valence-corrected chi connectivity index (χ2v) is 8.07. The highest BCUT2D eigenvalue weighted by Crippen LogP contribution is 2.28. The first-order chi connectivity index (χ1) is 14.8. The van der Waals surface area contributed by atoms with Gasteiger partial charge in [-0.25, -0.2) is 0 Å². The number of nitrogens with zero attached hydrogens (tertiary/aromatic N) is 1. The van der Waals surface area contributed by atoms with Gasteiger partial charge in [-0.1, -0.05) is 46.3 Å². The van der Waals surface area contributed by atoms with E-state index in [1.165, 1.54) is 0 Å². The van der Waals surface area contributed by atoms with Gasteiger partial charge in [-0.3, -0.25) is 30.0 Å². The third-order valence-corrected chi connectivity index (χ3v) is 5.54. The number of nitrogens with one attached hydrogen (secondary N) is 2. The lowest BCUT2D eigenvalue weighted by atomic mass is 10.1. The largest absolute Gasteiger partial charge is 0.455 e. The molecule has 1 aliphatic heterocycles. The number of carbonyl (C=O) groups excluding carboxylic acids is 4. The standard InChI is InChI=1S/C22H22BrN3O5/c1-14(15-5-3-2-4-6-15)26-12-17(11-20(26)28)22(30)31-13-19(27)24-25-21(29)16-7-9-18(23)10-8-16/h2-10,14,17H,11-13H2,1H3,(H,24,27)(H,25,29)/t14-,17-/m1/s1. The van der Waals surface area contributed by atoms with Gasteiger partial charge in [0.05, 0.1) is 12.0 Å². The highest BCUT2D eigenvalue weighted by Gasteiger charge is 2.38. The molecule has 31 heavy (non-hydrogen) atoms. The highest BCUT2D eigenvalue weighted by atomic mass is 79.9. The van der Waals surface area contributed by atoms with Crippen LogP contribution in [0, 0.1) is 5.92 Å². The number of likely N-dealkylation sites (tertiary alicyclic amines) is 1. The third kappa shape index (κ3) is 5.91. The van der Waals surface area contributed by atoms with E-state index >= 15 is 0 Å². The Labute approximate surface area is 188 Å². The van der Waals surface area contributed by atoms with E-state index in [4.69, 9.17) is 4.74 Å². The van der Waals surface area contributed by atoms with Gasteiger partial charge in [-0.2, -0.15) is 0 Å². The SMILES string of the molecule is C[C@H](c1ccccc1)N1C[C@H](C(=O)OCC(=O)NNC(=O)c2ccc(Br)cc2)CC1=O. The smallest absolute Gasteiger partial charge is 0.311 e. The van der Waals surface area contributed by atoms with Gasteiger partial charge in [0.2, 0.25) is 5.91 Å². The first-order valence-electron chi connectivity index (χ1n) is 9.71. The lowest BCUT2D eigenvalue weighted by molar-refractivity contribution is -0.152. The summed E-state index contributed by atoms with van der Waals surface area (Å²) in [6.45, 7) is 1.58. The van der Waals surface area contributed by atoms with E-state index < -0.39 is 30.3 Å². The number of amides is 3. The van der Waals surface area contributed by atoms with Gasteiger partial charge < -0.3 is 9.64 Å². The monoisotopic (exact) mass is 487 g/mol. The molecule has 0 unspecified atom stereocenters. The average molecular weight is 488 g/mol. The molecule has 9 heteroatoms. The van der Waals surface area contributed by atoms with Gasteiger partial charge >= 0.3 is 5.97 Å². The number of ether oxygens (including phenoxy) is 1. The van der Waals surface area contributed by atoms with Crippen LogP contribution < -0.4 is 10.9 Å². The second kappa shape index (κ2) is 10.2. The molecule has 8 nitrogen and oxygen atoms in total. The van der Waals surface area contributed by atoms with Crippen molar-refractivity contribution in [2.45, 2.75) is 19.4 Å². The molecular weight excluding hydrogens is 466 g/mol. The summed E-state index contributed by atoms with van der Waals surface area (Å²) in [7, 11) is 0. The van der Waals surface area contributed by atoms with Crippen molar-refractivity contribution in [3.8, 4) is 0 Å². The molecule has 0 spiro atoms. The van der Waals surface area contributed by atoms with Gasteiger partial charge in [-0.05, 0) is 36.8 Å². The zero-order valence-corrected chi connectivity index (χ0v) is 18.4. The van der Waals surface area contributed by atoms with E-state index in [2.05, 4.69) is 26.8 Å². The Morgan fingerprint density at radius 2 is 1.77 bits per heavy atom. The van der Waals surface area contributed by atoms with Crippen LogP contribution >= 0.6 is 15.9 Å². The summed E-state index contributed by atoms with van der Waals surface area (Å²) in [5, 5.41) is 0. The Balaban J connectivity index is 1.44. The van der Waals surface area contributed by atoms with E-state index in [0.717, 1.165) is 10.0 Å². The number of carbonyl (C=O) groups is 4. The molecule has 1 fully saturated rings. The fraction of sp³-hybridized carbons (Fsp3) is 0.273. The summed E-state index contributed by atoms with van der Waals surface area (Å²) in [6, 6.07) is 16.0. The Morgan fingerprint density at radius 3 is 2.45 bits per heavy atom. The van der Waals surface area contributed by atoms with Gasteiger partial charge in [0.25, 0.3) is 11.8 Å². The maximum Gasteiger partial charge on any atom is 0.311 e. The van der Waals surface area contributed by atoms with Crippen LogP contribution in [0.1, 0.15) is 35.3 Å². The molecule has 2 atom stereocenters. The number of hydrazine groups is 1. The number of benzene rings is 2. The van der Waals surface area contributed by atoms with Crippen molar-refractivity contribution >= 4 is 39.6 Å². The topological polar surface area (TPSA) is 105 Å². The number of hydrogen-bond acceptors (Lipinski definition) is 5. The van der Waals surface area contributed by atoms with Gasteiger partial charge in [0.1, 0.15) is 0 Å². The number of halogens is 1. The van der Waals surface area contributed by atoms with Crippen LogP contribution in [0.2, 0.25) is 0 Å². The predicted molar refractivity (Wildman–Crippen MR) is 115 cm³/mol. The van der Waals surface area contributed by atoms with Crippen molar-refractivity contribution in [1.29, 1.82) is 0 Å². The lowest BCUT2D eigenvalue weighted by Gasteiger charge is -2.25. The second-order valence-electron chi connectivity index (χ2n) is 7.15. The molecule has 3 rings (SSSR count). The fourth-order valence-electron chi connectivity index (χ4n) is 3.27. The number of hydrogen-bond donors (Lipinski definition) is 2. The van der Waals surface area contributed by atoms with Crippen molar-refractivity contribution in [3.63, 3.8) is 0 Å². The van der Waals surface area contributed by atoms with Crippen LogP contribution in [-0.2, 0) is 19.1 Å². The lowest BCUT2D eigenvalue weighted by Crippen LogP contribution is -2.43. The molecule has 2 aromatic carbocycles.